The van der Waals surface area contributed by atoms with Gasteiger partial charge >= 0.3 is 5.97 Å². The number of hydrogen-bond acceptors (Lipinski definition) is 3. The SMILES string of the molecule is CC(C)CC(C)(Nc1ccc(C#N)cc1)C(=O)O. The van der Waals surface area contributed by atoms with Gasteiger partial charge in [-0.25, -0.2) is 4.79 Å². The van der Waals surface area contributed by atoms with Gasteiger partial charge in [0.2, 0.25) is 0 Å². The zero-order chi connectivity index (χ0) is 13.8. The number of carboxylic acids is 1. The Labute approximate surface area is 107 Å². The number of aliphatic carboxylic acids is 1. The molecule has 1 rings (SSSR count). The van der Waals surface area contributed by atoms with Crippen LogP contribution in [0.5, 0.6) is 0 Å². The molecule has 0 fully saturated rings. The summed E-state index contributed by atoms with van der Waals surface area (Å²) in [5, 5.41) is 21.1. The highest BCUT2D eigenvalue weighted by Crippen LogP contribution is 2.23. The molecule has 0 spiro atoms. The highest BCUT2D eigenvalue weighted by Gasteiger charge is 2.33. The molecule has 0 amide bonds. The van der Waals surface area contributed by atoms with Crippen LogP contribution in [0.3, 0.4) is 0 Å². The Balaban J connectivity index is 2.90. The third-order valence-corrected chi connectivity index (χ3v) is 2.72. The molecule has 2 N–H and O–H groups in total. The Morgan fingerprint density at radius 3 is 2.39 bits per heavy atom. The van der Waals surface area contributed by atoms with Gasteiger partial charge in [-0.2, -0.15) is 5.26 Å². The molecule has 0 bridgehead atoms. The van der Waals surface area contributed by atoms with E-state index in [2.05, 4.69) is 5.32 Å². The van der Waals surface area contributed by atoms with Crippen molar-refractivity contribution in [2.24, 2.45) is 5.92 Å². The first-order valence-electron chi connectivity index (χ1n) is 5.89. The number of anilines is 1. The van der Waals surface area contributed by atoms with Gasteiger partial charge in [-0.15, -0.1) is 0 Å². The summed E-state index contributed by atoms with van der Waals surface area (Å²) in [5.41, 5.74) is 0.267. The van der Waals surface area contributed by atoms with E-state index in [1.165, 1.54) is 0 Å². The Hall–Kier alpha value is -2.02. The Morgan fingerprint density at radius 2 is 2.00 bits per heavy atom. The maximum atomic E-state index is 11.4. The standard InChI is InChI=1S/C14H18N2O2/c1-10(2)8-14(3,13(17)18)16-12-6-4-11(9-15)5-7-12/h4-7,10,16H,8H2,1-3H3,(H,17,18). The molecule has 0 heterocycles. The van der Waals surface area contributed by atoms with Crippen LogP contribution in [0.25, 0.3) is 0 Å². The molecule has 96 valence electrons. The Bertz CT molecular complexity index is 460. The quantitative estimate of drug-likeness (QED) is 0.837. The molecule has 4 heteroatoms. The summed E-state index contributed by atoms with van der Waals surface area (Å²) >= 11 is 0. The first-order chi connectivity index (χ1) is 8.37. The van der Waals surface area contributed by atoms with E-state index in [0.29, 0.717) is 17.7 Å². The van der Waals surface area contributed by atoms with Crippen molar-refractivity contribution >= 4 is 11.7 Å². The highest BCUT2D eigenvalue weighted by molar-refractivity contribution is 5.82. The van der Waals surface area contributed by atoms with Gasteiger partial charge in [-0.1, -0.05) is 13.8 Å². The van der Waals surface area contributed by atoms with Crippen LogP contribution in [0.4, 0.5) is 5.69 Å². The van der Waals surface area contributed by atoms with Gasteiger partial charge in [-0.3, -0.25) is 0 Å². The molecule has 0 saturated carbocycles. The van der Waals surface area contributed by atoms with Crippen LogP contribution in [0, 0.1) is 17.2 Å². The first-order valence-corrected chi connectivity index (χ1v) is 5.89. The van der Waals surface area contributed by atoms with Gasteiger partial charge in [0.15, 0.2) is 0 Å². The fraction of sp³-hybridized carbons (Fsp3) is 0.429. The monoisotopic (exact) mass is 246 g/mol. The molecule has 0 radical (unpaired) electrons. The van der Waals surface area contributed by atoms with E-state index in [1.54, 1.807) is 31.2 Å². The molecular weight excluding hydrogens is 228 g/mol. The number of rotatable bonds is 5. The third-order valence-electron chi connectivity index (χ3n) is 2.72. The minimum Gasteiger partial charge on any atom is -0.480 e. The van der Waals surface area contributed by atoms with Crippen LogP contribution in [0.1, 0.15) is 32.8 Å². The molecule has 4 nitrogen and oxygen atoms in total. The van der Waals surface area contributed by atoms with E-state index in [-0.39, 0.29) is 5.92 Å². The van der Waals surface area contributed by atoms with Crippen molar-refractivity contribution in [3.8, 4) is 6.07 Å². The predicted molar refractivity (Wildman–Crippen MR) is 70.3 cm³/mol. The molecular formula is C14H18N2O2. The van der Waals surface area contributed by atoms with E-state index in [9.17, 15) is 9.90 Å². The summed E-state index contributed by atoms with van der Waals surface area (Å²) in [7, 11) is 0. The topological polar surface area (TPSA) is 73.1 Å². The van der Waals surface area contributed by atoms with Crippen LogP contribution in [0.15, 0.2) is 24.3 Å². The average Bonchev–Trinajstić information content (AvgIpc) is 2.28. The summed E-state index contributed by atoms with van der Waals surface area (Å²) in [6.07, 6.45) is 0.530. The molecule has 1 atom stereocenters. The summed E-state index contributed by atoms with van der Waals surface area (Å²) in [4.78, 5) is 11.4. The lowest BCUT2D eigenvalue weighted by atomic mass is 9.90. The van der Waals surface area contributed by atoms with Crippen molar-refractivity contribution in [3.63, 3.8) is 0 Å². The summed E-state index contributed by atoms with van der Waals surface area (Å²) in [5.74, 6) is -0.599. The number of hydrogen-bond donors (Lipinski definition) is 2. The smallest absolute Gasteiger partial charge is 0.329 e. The number of nitriles is 1. The van der Waals surface area contributed by atoms with Gasteiger partial charge in [0.25, 0.3) is 0 Å². The summed E-state index contributed by atoms with van der Waals surface area (Å²) in [6, 6.07) is 8.81. The fourth-order valence-electron chi connectivity index (χ4n) is 1.95. The van der Waals surface area contributed by atoms with Crippen molar-refractivity contribution in [3.05, 3.63) is 29.8 Å². The number of carbonyl (C=O) groups is 1. The predicted octanol–water partition coefficient (Wildman–Crippen LogP) is 2.86. The van der Waals surface area contributed by atoms with Crippen molar-refractivity contribution in [2.45, 2.75) is 32.7 Å². The lowest BCUT2D eigenvalue weighted by molar-refractivity contribution is -0.142. The van der Waals surface area contributed by atoms with Crippen LogP contribution in [-0.4, -0.2) is 16.6 Å². The van der Waals surface area contributed by atoms with Crippen molar-refractivity contribution in [2.75, 3.05) is 5.32 Å². The number of nitrogens with zero attached hydrogens (tertiary/aromatic N) is 1. The maximum absolute atomic E-state index is 11.4. The van der Waals surface area contributed by atoms with E-state index in [4.69, 9.17) is 5.26 Å². The number of carboxylic acid groups (broad SMARTS) is 1. The minimum absolute atomic E-state index is 0.275. The lowest BCUT2D eigenvalue weighted by Gasteiger charge is -2.29. The maximum Gasteiger partial charge on any atom is 0.329 e. The van der Waals surface area contributed by atoms with Gasteiger partial charge in [0, 0.05) is 5.69 Å². The highest BCUT2D eigenvalue weighted by atomic mass is 16.4. The normalized spacial score (nSPS) is 13.7. The molecule has 0 saturated heterocycles. The zero-order valence-corrected chi connectivity index (χ0v) is 10.9. The van der Waals surface area contributed by atoms with Gasteiger partial charge in [-0.05, 0) is 43.5 Å². The molecule has 0 aliphatic rings. The number of nitrogens with one attached hydrogen (secondary N) is 1. The van der Waals surface area contributed by atoms with Gasteiger partial charge in [0.05, 0.1) is 11.6 Å². The van der Waals surface area contributed by atoms with E-state index >= 15 is 0 Å². The third kappa shape index (κ3) is 3.49. The largest absolute Gasteiger partial charge is 0.480 e. The van der Waals surface area contributed by atoms with Crippen LogP contribution in [0.2, 0.25) is 0 Å². The Morgan fingerprint density at radius 1 is 1.44 bits per heavy atom. The van der Waals surface area contributed by atoms with Crippen molar-refractivity contribution in [1.29, 1.82) is 5.26 Å². The van der Waals surface area contributed by atoms with Crippen LogP contribution >= 0.6 is 0 Å². The molecule has 1 aromatic rings. The van der Waals surface area contributed by atoms with Crippen LogP contribution < -0.4 is 5.32 Å². The van der Waals surface area contributed by atoms with E-state index in [1.807, 2.05) is 19.9 Å². The second-order valence-corrected chi connectivity index (χ2v) is 5.05. The molecule has 18 heavy (non-hydrogen) atoms. The van der Waals surface area contributed by atoms with E-state index in [0.717, 1.165) is 0 Å². The number of benzene rings is 1. The molecule has 0 aromatic heterocycles. The molecule has 0 aliphatic heterocycles. The molecule has 1 aromatic carbocycles. The van der Waals surface area contributed by atoms with Crippen molar-refractivity contribution < 1.29 is 9.90 Å². The molecule has 1 unspecified atom stereocenters. The lowest BCUT2D eigenvalue weighted by Crippen LogP contribution is -2.44. The van der Waals surface area contributed by atoms with Crippen LogP contribution in [-0.2, 0) is 4.79 Å². The van der Waals surface area contributed by atoms with E-state index < -0.39 is 11.5 Å². The second-order valence-electron chi connectivity index (χ2n) is 5.05. The first kappa shape index (κ1) is 14.0. The van der Waals surface area contributed by atoms with Gasteiger partial charge in [0.1, 0.15) is 5.54 Å². The zero-order valence-electron chi connectivity index (χ0n) is 10.9. The van der Waals surface area contributed by atoms with Gasteiger partial charge < -0.3 is 10.4 Å². The second kappa shape index (κ2) is 5.54. The fourth-order valence-corrected chi connectivity index (χ4v) is 1.95. The minimum atomic E-state index is -0.998. The Kier molecular flexibility index (Phi) is 4.33. The summed E-state index contributed by atoms with van der Waals surface area (Å²) in [6.45, 7) is 5.65. The summed E-state index contributed by atoms with van der Waals surface area (Å²) < 4.78 is 0. The average molecular weight is 246 g/mol. The molecule has 0 aliphatic carbocycles. The van der Waals surface area contributed by atoms with Crippen molar-refractivity contribution in [1.82, 2.24) is 0 Å².